The number of fused-ring (bicyclic) bond motifs is 1. The van der Waals surface area contributed by atoms with E-state index < -0.39 is 41.3 Å². The highest BCUT2D eigenvalue weighted by Gasteiger charge is 2.45. The average Bonchev–Trinajstić information content (AvgIpc) is 3.15. The van der Waals surface area contributed by atoms with Crippen molar-refractivity contribution in [2.24, 2.45) is 0 Å². The maximum atomic E-state index is 13.7. The summed E-state index contributed by atoms with van der Waals surface area (Å²) in [6.45, 7) is 6.45. The number of aromatic nitrogens is 2. The zero-order valence-corrected chi connectivity index (χ0v) is 20.1. The molecule has 0 saturated carbocycles. The number of hydrogen-bond donors (Lipinski definition) is 1. The number of carbonyl (C=O) groups is 2. The van der Waals surface area contributed by atoms with Gasteiger partial charge in [0.15, 0.2) is 0 Å². The van der Waals surface area contributed by atoms with Crippen molar-refractivity contribution in [3.05, 3.63) is 82.3 Å². The van der Waals surface area contributed by atoms with E-state index in [2.05, 4.69) is 10.4 Å². The second-order valence-corrected chi connectivity index (χ2v) is 8.69. The van der Waals surface area contributed by atoms with Crippen LogP contribution in [0.3, 0.4) is 0 Å². The summed E-state index contributed by atoms with van der Waals surface area (Å²) in [5, 5.41) is 7.30. The normalized spacial score (nSPS) is 17.8. The van der Waals surface area contributed by atoms with Crippen molar-refractivity contribution in [3.63, 3.8) is 0 Å². The van der Waals surface area contributed by atoms with Gasteiger partial charge in [0.1, 0.15) is 17.7 Å². The number of halogens is 4. The molecule has 2 heterocycles. The molecule has 4 rings (SSSR count). The van der Waals surface area contributed by atoms with E-state index in [1.807, 2.05) is 6.92 Å². The molecule has 0 spiro atoms. The molecule has 0 fully saturated rings. The SMILES string of the molecule is CCCn1nc(C)c2c1N(CC)C(=O)[C@H](NC(=O)c1cccc(C(F)(F)F)c1)[C@H]2c1ccc(F)cc1. The summed E-state index contributed by atoms with van der Waals surface area (Å²) >= 11 is 0. The van der Waals surface area contributed by atoms with Crippen molar-refractivity contribution < 1.29 is 27.2 Å². The highest BCUT2D eigenvalue weighted by atomic mass is 19.4. The van der Waals surface area contributed by atoms with Gasteiger partial charge in [-0.25, -0.2) is 9.07 Å². The Kier molecular flexibility index (Phi) is 6.88. The molecule has 0 saturated heterocycles. The van der Waals surface area contributed by atoms with Crippen LogP contribution in [0.5, 0.6) is 0 Å². The first-order valence-electron chi connectivity index (χ1n) is 11.7. The molecule has 0 radical (unpaired) electrons. The molecule has 2 atom stereocenters. The molecule has 0 aliphatic carbocycles. The van der Waals surface area contributed by atoms with Crippen LogP contribution < -0.4 is 10.2 Å². The van der Waals surface area contributed by atoms with Gasteiger partial charge >= 0.3 is 6.18 Å². The van der Waals surface area contributed by atoms with Gasteiger partial charge in [-0.2, -0.15) is 18.3 Å². The Morgan fingerprint density at radius 3 is 2.42 bits per heavy atom. The fourth-order valence-electron chi connectivity index (χ4n) is 4.72. The minimum atomic E-state index is -4.62. The third-order valence-electron chi connectivity index (χ3n) is 6.30. The molecular formula is C26H26F4N4O2. The molecule has 0 bridgehead atoms. The number of anilines is 1. The zero-order valence-electron chi connectivity index (χ0n) is 20.1. The summed E-state index contributed by atoms with van der Waals surface area (Å²) in [6, 6.07) is 8.52. The second kappa shape index (κ2) is 9.75. The van der Waals surface area contributed by atoms with Gasteiger partial charge in [0.05, 0.1) is 11.3 Å². The molecule has 2 amide bonds. The van der Waals surface area contributed by atoms with Gasteiger partial charge in [-0.05, 0) is 56.2 Å². The van der Waals surface area contributed by atoms with Crippen LogP contribution in [-0.2, 0) is 17.5 Å². The number of aryl methyl sites for hydroxylation is 2. The number of nitrogens with zero attached hydrogens (tertiary/aromatic N) is 3. The van der Waals surface area contributed by atoms with Crippen molar-refractivity contribution in [1.82, 2.24) is 15.1 Å². The topological polar surface area (TPSA) is 67.2 Å². The molecule has 36 heavy (non-hydrogen) atoms. The first-order valence-corrected chi connectivity index (χ1v) is 11.7. The molecule has 1 aliphatic rings. The van der Waals surface area contributed by atoms with Crippen LogP contribution in [0, 0.1) is 12.7 Å². The van der Waals surface area contributed by atoms with Crippen LogP contribution in [0.4, 0.5) is 23.4 Å². The van der Waals surface area contributed by atoms with Gasteiger partial charge in [-0.15, -0.1) is 0 Å². The first-order chi connectivity index (χ1) is 17.1. The van der Waals surface area contributed by atoms with E-state index in [-0.39, 0.29) is 5.56 Å². The standard InChI is InChI=1S/C26H26F4N4O2/c1-4-13-34-24-20(15(3)32-34)21(16-9-11-19(27)12-10-16)22(25(36)33(24)5-2)31-23(35)17-7-6-8-18(14-17)26(28,29)30/h6-12,14,21-22H,4-5,13H2,1-3H3,(H,31,35)/t21-,22+/m0/s1. The number of amides is 2. The van der Waals surface area contributed by atoms with Crippen molar-refractivity contribution in [2.45, 2.75) is 51.9 Å². The van der Waals surface area contributed by atoms with Crippen molar-refractivity contribution in [3.8, 4) is 0 Å². The van der Waals surface area contributed by atoms with Crippen LogP contribution in [0.25, 0.3) is 0 Å². The molecule has 10 heteroatoms. The van der Waals surface area contributed by atoms with Gasteiger partial charge in [-0.1, -0.05) is 25.1 Å². The quantitative estimate of drug-likeness (QED) is 0.480. The maximum Gasteiger partial charge on any atom is 0.416 e. The fourth-order valence-corrected chi connectivity index (χ4v) is 4.72. The predicted molar refractivity (Wildman–Crippen MR) is 126 cm³/mol. The Hall–Kier alpha value is -3.69. The summed E-state index contributed by atoms with van der Waals surface area (Å²) in [6.07, 6.45) is -3.84. The summed E-state index contributed by atoms with van der Waals surface area (Å²) in [4.78, 5) is 28.4. The largest absolute Gasteiger partial charge is 0.416 e. The van der Waals surface area contributed by atoms with Crippen LogP contribution in [0.1, 0.15) is 58.9 Å². The molecule has 6 nitrogen and oxygen atoms in total. The van der Waals surface area contributed by atoms with Crippen molar-refractivity contribution in [1.29, 1.82) is 0 Å². The minimum Gasteiger partial charge on any atom is -0.339 e. The van der Waals surface area contributed by atoms with Gasteiger partial charge in [-0.3, -0.25) is 14.5 Å². The van der Waals surface area contributed by atoms with E-state index in [1.165, 1.54) is 23.1 Å². The Balaban J connectivity index is 1.83. The van der Waals surface area contributed by atoms with Crippen molar-refractivity contribution in [2.75, 3.05) is 11.4 Å². The second-order valence-electron chi connectivity index (χ2n) is 8.69. The van der Waals surface area contributed by atoms with Gasteiger partial charge in [0, 0.05) is 30.1 Å². The molecule has 1 aliphatic heterocycles. The zero-order chi connectivity index (χ0) is 26.2. The Morgan fingerprint density at radius 2 is 1.81 bits per heavy atom. The number of carbonyl (C=O) groups excluding carboxylic acids is 2. The van der Waals surface area contributed by atoms with Gasteiger partial charge in [0.2, 0.25) is 0 Å². The van der Waals surface area contributed by atoms with E-state index in [1.54, 1.807) is 30.7 Å². The van der Waals surface area contributed by atoms with E-state index >= 15 is 0 Å². The summed E-state index contributed by atoms with van der Waals surface area (Å²) in [5.41, 5.74) is 0.759. The molecule has 1 N–H and O–H groups in total. The highest BCUT2D eigenvalue weighted by Crippen LogP contribution is 2.42. The number of nitrogens with one attached hydrogen (secondary N) is 1. The predicted octanol–water partition coefficient (Wildman–Crippen LogP) is 5.06. The fraction of sp³-hybridized carbons (Fsp3) is 0.346. The van der Waals surface area contributed by atoms with Crippen LogP contribution >= 0.6 is 0 Å². The number of alkyl halides is 3. The summed E-state index contributed by atoms with van der Waals surface area (Å²) in [5.74, 6) is -1.79. The average molecular weight is 503 g/mol. The molecule has 1 aromatic heterocycles. The molecule has 190 valence electrons. The molecule has 2 aromatic carbocycles. The van der Waals surface area contributed by atoms with E-state index in [4.69, 9.17) is 0 Å². The first kappa shape index (κ1) is 25.4. The maximum absolute atomic E-state index is 13.7. The van der Waals surface area contributed by atoms with Gasteiger partial charge in [0.25, 0.3) is 11.8 Å². The number of rotatable bonds is 6. The lowest BCUT2D eigenvalue weighted by Crippen LogP contribution is -2.55. The lowest BCUT2D eigenvalue weighted by atomic mass is 9.81. The highest BCUT2D eigenvalue weighted by molar-refractivity contribution is 6.05. The van der Waals surface area contributed by atoms with Gasteiger partial charge < -0.3 is 5.32 Å². The summed E-state index contributed by atoms with van der Waals surface area (Å²) in [7, 11) is 0. The smallest absolute Gasteiger partial charge is 0.339 e. The summed E-state index contributed by atoms with van der Waals surface area (Å²) < 4.78 is 55.1. The monoisotopic (exact) mass is 502 g/mol. The molecular weight excluding hydrogens is 476 g/mol. The third kappa shape index (κ3) is 4.59. The Bertz CT molecular complexity index is 1280. The van der Waals surface area contributed by atoms with Crippen LogP contribution in [0.2, 0.25) is 0 Å². The Morgan fingerprint density at radius 1 is 1.11 bits per heavy atom. The molecule has 0 unspecified atom stereocenters. The van der Waals surface area contributed by atoms with E-state index in [0.29, 0.717) is 35.7 Å². The lowest BCUT2D eigenvalue weighted by Gasteiger charge is -2.38. The van der Waals surface area contributed by atoms with Crippen LogP contribution in [-0.4, -0.2) is 34.2 Å². The Labute approximate surface area is 205 Å². The van der Waals surface area contributed by atoms with E-state index in [0.717, 1.165) is 24.6 Å². The van der Waals surface area contributed by atoms with Crippen LogP contribution in [0.15, 0.2) is 48.5 Å². The third-order valence-corrected chi connectivity index (χ3v) is 6.30. The number of likely N-dealkylation sites (N-methyl/N-ethyl adjacent to an activating group) is 1. The molecule has 3 aromatic rings. The van der Waals surface area contributed by atoms with Crippen molar-refractivity contribution >= 4 is 17.6 Å². The number of hydrogen-bond acceptors (Lipinski definition) is 3. The lowest BCUT2D eigenvalue weighted by molar-refractivity contribution is -0.137. The van der Waals surface area contributed by atoms with E-state index in [9.17, 15) is 27.2 Å². The minimum absolute atomic E-state index is 0.220. The number of benzene rings is 2.